The Kier molecular flexibility index (Phi) is 3.18. The van der Waals surface area contributed by atoms with Crippen LogP contribution in [0.1, 0.15) is 37.2 Å². The molecule has 2 N–H and O–H groups in total. The van der Waals surface area contributed by atoms with E-state index in [2.05, 4.69) is 25.9 Å². The predicted octanol–water partition coefficient (Wildman–Crippen LogP) is 3.16. The molecule has 0 amide bonds. The van der Waals surface area contributed by atoms with E-state index >= 15 is 0 Å². The van der Waals surface area contributed by atoms with E-state index in [4.69, 9.17) is 4.42 Å². The minimum atomic E-state index is -0.276. The maximum absolute atomic E-state index is 12.1. The molecule has 1 aliphatic carbocycles. The first-order valence-electron chi connectivity index (χ1n) is 6.24. The molecule has 0 aliphatic heterocycles. The summed E-state index contributed by atoms with van der Waals surface area (Å²) >= 11 is 3.19. The van der Waals surface area contributed by atoms with E-state index in [1.54, 1.807) is 12.1 Å². The van der Waals surface area contributed by atoms with E-state index in [-0.39, 0.29) is 23.2 Å². The van der Waals surface area contributed by atoms with Gasteiger partial charge in [0.25, 0.3) is 5.56 Å². The smallest absolute Gasteiger partial charge is 0.258 e. The molecule has 3 rings (SSSR count). The maximum Gasteiger partial charge on any atom is 0.258 e. The van der Waals surface area contributed by atoms with E-state index in [9.17, 15) is 9.90 Å². The average Bonchev–Trinajstić information content (AvgIpc) is 2.99. The molecular weight excluding hydrogens is 312 g/mol. The number of nitrogens with zero attached hydrogens (tertiary/aromatic N) is 1. The van der Waals surface area contributed by atoms with Crippen LogP contribution in [0.2, 0.25) is 0 Å². The van der Waals surface area contributed by atoms with Gasteiger partial charge in [-0.2, -0.15) is 4.98 Å². The van der Waals surface area contributed by atoms with Crippen molar-refractivity contribution in [2.75, 3.05) is 0 Å². The fraction of sp³-hybridized carbons (Fsp3) is 0.385. The lowest BCUT2D eigenvalue weighted by molar-refractivity contribution is 0.434. The normalized spacial score (nSPS) is 16.1. The molecular formula is C13H13BrN2O3. The summed E-state index contributed by atoms with van der Waals surface area (Å²) in [4.78, 5) is 18.8. The largest absolute Gasteiger partial charge is 0.493 e. The molecule has 5 nitrogen and oxygen atoms in total. The van der Waals surface area contributed by atoms with E-state index < -0.39 is 0 Å². The van der Waals surface area contributed by atoms with Gasteiger partial charge in [-0.05, 0) is 46.8 Å². The van der Waals surface area contributed by atoms with Crippen LogP contribution in [0.15, 0.2) is 26.0 Å². The topological polar surface area (TPSA) is 79.1 Å². The van der Waals surface area contributed by atoms with Crippen molar-refractivity contribution in [2.45, 2.75) is 31.6 Å². The van der Waals surface area contributed by atoms with Gasteiger partial charge in [-0.25, -0.2) is 0 Å². The number of aromatic nitrogens is 2. The number of halogens is 1. The maximum atomic E-state index is 12.1. The first-order chi connectivity index (χ1) is 9.15. The highest BCUT2D eigenvalue weighted by Crippen LogP contribution is 2.36. The average molecular weight is 325 g/mol. The lowest BCUT2D eigenvalue weighted by atomic mass is 10.00. The van der Waals surface area contributed by atoms with Crippen LogP contribution in [0.25, 0.3) is 11.6 Å². The summed E-state index contributed by atoms with van der Waals surface area (Å²) in [6.45, 7) is 0. The van der Waals surface area contributed by atoms with Gasteiger partial charge in [0.15, 0.2) is 16.3 Å². The molecule has 1 fully saturated rings. The molecule has 1 aliphatic rings. The Hall–Kier alpha value is -1.56. The monoisotopic (exact) mass is 324 g/mol. The number of nitrogens with one attached hydrogen (secondary N) is 1. The molecule has 0 bridgehead atoms. The summed E-state index contributed by atoms with van der Waals surface area (Å²) in [5.74, 6) is 0.596. The Morgan fingerprint density at radius 2 is 2.11 bits per heavy atom. The molecule has 2 aromatic heterocycles. The Morgan fingerprint density at radius 1 is 1.37 bits per heavy atom. The first kappa shape index (κ1) is 12.5. The fourth-order valence-corrected chi connectivity index (χ4v) is 2.92. The van der Waals surface area contributed by atoms with Crippen molar-refractivity contribution in [3.63, 3.8) is 0 Å². The Labute approximate surface area is 117 Å². The van der Waals surface area contributed by atoms with Crippen LogP contribution in [0.5, 0.6) is 5.88 Å². The van der Waals surface area contributed by atoms with E-state index in [1.165, 1.54) is 0 Å². The Balaban J connectivity index is 2.04. The van der Waals surface area contributed by atoms with Gasteiger partial charge in [0.2, 0.25) is 5.88 Å². The lowest BCUT2D eigenvalue weighted by Gasteiger charge is -2.10. The highest BCUT2D eigenvalue weighted by Gasteiger charge is 2.25. The van der Waals surface area contributed by atoms with Gasteiger partial charge in [-0.1, -0.05) is 12.8 Å². The van der Waals surface area contributed by atoms with Gasteiger partial charge in [-0.3, -0.25) is 4.79 Å². The van der Waals surface area contributed by atoms with Gasteiger partial charge in [0.05, 0.1) is 5.56 Å². The van der Waals surface area contributed by atoms with Crippen LogP contribution in [0, 0.1) is 0 Å². The second-order valence-electron chi connectivity index (χ2n) is 4.74. The van der Waals surface area contributed by atoms with Gasteiger partial charge >= 0.3 is 0 Å². The molecule has 0 aromatic carbocycles. The molecule has 0 unspecified atom stereocenters. The number of hydrogen-bond donors (Lipinski definition) is 2. The molecule has 2 heterocycles. The third-order valence-electron chi connectivity index (χ3n) is 3.51. The minimum absolute atomic E-state index is 0.119. The molecule has 100 valence electrons. The third-order valence-corrected chi connectivity index (χ3v) is 3.93. The van der Waals surface area contributed by atoms with Crippen molar-refractivity contribution in [1.29, 1.82) is 0 Å². The van der Waals surface area contributed by atoms with Crippen molar-refractivity contribution in [3.05, 3.63) is 32.7 Å². The first-order valence-corrected chi connectivity index (χ1v) is 7.03. The number of H-pyrrole nitrogens is 1. The fourth-order valence-electron chi connectivity index (χ4n) is 2.61. The van der Waals surface area contributed by atoms with Crippen molar-refractivity contribution >= 4 is 15.9 Å². The van der Waals surface area contributed by atoms with Gasteiger partial charge in [-0.15, -0.1) is 0 Å². The van der Waals surface area contributed by atoms with E-state index in [0.717, 1.165) is 25.7 Å². The summed E-state index contributed by atoms with van der Waals surface area (Å²) in [6.07, 6.45) is 4.06. The number of furan rings is 1. The summed E-state index contributed by atoms with van der Waals surface area (Å²) in [6, 6.07) is 3.38. The van der Waals surface area contributed by atoms with Crippen LogP contribution in [-0.4, -0.2) is 15.1 Å². The summed E-state index contributed by atoms with van der Waals surface area (Å²) in [5.41, 5.74) is 0.133. The van der Waals surface area contributed by atoms with Crippen LogP contribution >= 0.6 is 15.9 Å². The third kappa shape index (κ3) is 2.32. The van der Waals surface area contributed by atoms with Gasteiger partial charge < -0.3 is 14.5 Å². The van der Waals surface area contributed by atoms with E-state index in [1.807, 2.05) is 0 Å². The van der Waals surface area contributed by atoms with Crippen LogP contribution in [-0.2, 0) is 0 Å². The zero-order chi connectivity index (χ0) is 13.4. The van der Waals surface area contributed by atoms with Crippen LogP contribution < -0.4 is 5.56 Å². The lowest BCUT2D eigenvalue weighted by Crippen LogP contribution is -2.17. The Bertz CT molecular complexity index is 656. The second kappa shape index (κ2) is 4.85. The zero-order valence-electron chi connectivity index (χ0n) is 10.1. The molecule has 2 aromatic rings. The van der Waals surface area contributed by atoms with Crippen LogP contribution in [0.4, 0.5) is 0 Å². The van der Waals surface area contributed by atoms with Crippen molar-refractivity contribution in [3.8, 4) is 17.5 Å². The number of rotatable bonds is 2. The minimum Gasteiger partial charge on any atom is -0.493 e. The zero-order valence-corrected chi connectivity index (χ0v) is 11.7. The summed E-state index contributed by atoms with van der Waals surface area (Å²) in [5, 5.41) is 10.0. The molecule has 6 heteroatoms. The van der Waals surface area contributed by atoms with Gasteiger partial charge in [0.1, 0.15) is 0 Å². The summed E-state index contributed by atoms with van der Waals surface area (Å²) < 4.78 is 5.86. The summed E-state index contributed by atoms with van der Waals surface area (Å²) in [7, 11) is 0. The van der Waals surface area contributed by atoms with Gasteiger partial charge in [0, 0.05) is 0 Å². The molecule has 1 saturated carbocycles. The quantitative estimate of drug-likeness (QED) is 0.889. The second-order valence-corrected chi connectivity index (χ2v) is 5.52. The predicted molar refractivity (Wildman–Crippen MR) is 73.1 cm³/mol. The molecule has 0 atom stereocenters. The Morgan fingerprint density at radius 3 is 2.68 bits per heavy atom. The SMILES string of the molecule is O=c1[nH]c(-c2ccc(Br)o2)nc(O)c1C1CCCC1. The standard InChI is InChI=1S/C13H13BrN2O3/c14-9-6-5-8(19-9)11-15-12(17)10(13(18)16-11)7-3-1-2-4-7/h5-7H,1-4H2,(H2,15,16,17,18). The number of hydrogen-bond acceptors (Lipinski definition) is 4. The van der Waals surface area contributed by atoms with Crippen molar-refractivity contribution in [2.24, 2.45) is 0 Å². The highest BCUT2D eigenvalue weighted by molar-refractivity contribution is 9.10. The van der Waals surface area contributed by atoms with Crippen molar-refractivity contribution < 1.29 is 9.52 Å². The molecule has 0 radical (unpaired) electrons. The molecule has 19 heavy (non-hydrogen) atoms. The number of aromatic hydroxyl groups is 1. The van der Waals surface area contributed by atoms with Crippen LogP contribution in [0.3, 0.4) is 0 Å². The molecule has 0 saturated heterocycles. The number of aromatic amines is 1. The van der Waals surface area contributed by atoms with Crippen molar-refractivity contribution in [1.82, 2.24) is 9.97 Å². The highest BCUT2D eigenvalue weighted by atomic mass is 79.9. The van der Waals surface area contributed by atoms with E-state index in [0.29, 0.717) is 16.0 Å². The molecule has 0 spiro atoms.